The first-order valence-corrected chi connectivity index (χ1v) is 19.3. The summed E-state index contributed by atoms with van der Waals surface area (Å²) >= 11 is 0. The Kier molecular flexibility index (Phi) is 13.7. The van der Waals surface area contributed by atoms with Crippen LogP contribution in [0.3, 0.4) is 0 Å². The van der Waals surface area contributed by atoms with Crippen molar-refractivity contribution in [2.24, 2.45) is 10.2 Å². The standard InChI is InChI=1S/C40H42N8O9S/c1-25-24-42-39(45-36(25)43-29-6-5-7-32(22-29)58(54,55)48-40(2,3)4)44-27-12-15-31(16-13-27)56-20-21-57-34-17-14-30(23-33(34)38(52)53)47-46-28-10-8-26(9-11-28)37(51)41-19-18-35(49)50/h5-17,22-24,48H,18-21H2,1-4H3,(H,41,51)(H,49,50)(H,52,53)(H2,42,43,44,45)/b47-46+. The summed E-state index contributed by atoms with van der Waals surface area (Å²) in [5.74, 6) is -1.20. The first-order valence-electron chi connectivity index (χ1n) is 17.8. The number of nitrogens with zero attached hydrogens (tertiary/aromatic N) is 4. The van der Waals surface area contributed by atoms with Gasteiger partial charge in [0.1, 0.15) is 36.1 Å². The third kappa shape index (κ3) is 12.6. The number of anilines is 4. The molecule has 1 amide bonds. The Hall–Kier alpha value is -6.92. The number of sulfonamides is 1. The fraction of sp³-hybridized carbons (Fsp3) is 0.225. The van der Waals surface area contributed by atoms with Gasteiger partial charge in [-0.2, -0.15) is 15.2 Å². The minimum atomic E-state index is -3.73. The number of amides is 1. The van der Waals surface area contributed by atoms with Crippen LogP contribution in [0.15, 0.2) is 112 Å². The molecule has 0 radical (unpaired) electrons. The van der Waals surface area contributed by atoms with Crippen molar-refractivity contribution in [1.82, 2.24) is 20.0 Å². The molecule has 302 valence electrons. The molecule has 0 aliphatic rings. The minimum absolute atomic E-state index is 0.00293. The lowest BCUT2D eigenvalue weighted by Gasteiger charge is -2.20. The van der Waals surface area contributed by atoms with Crippen molar-refractivity contribution < 1.29 is 42.5 Å². The molecule has 0 bridgehead atoms. The zero-order valence-corrected chi connectivity index (χ0v) is 32.8. The summed E-state index contributed by atoms with van der Waals surface area (Å²) in [6, 6.07) is 24.0. The second-order valence-corrected chi connectivity index (χ2v) is 15.4. The number of carbonyl (C=O) groups excluding carboxylic acids is 1. The average Bonchev–Trinajstić information content (AvgIpc) is 3.17. The van der Waals surface area contributed by atoms with Gasteiger partial charge in [-0.25, -0.2) is 22.9 Å². The van der Waals surface area contributed by atoms with Gasteiger partial charge < -0.3 is 35.6 Å². The van der Waals surface area contributed by atoms with E-state index in [1.807, 2.05) is 6.92 Å². The average molecular weight is 811 g/mol. The molecule has 1 heterocycles. The topological polar surface area (TPSA) is 243 Å². The number of rotatable bonds is 18. The highest BCUT2D eigenvalue weighted by molar-refractivity contribution is 7.89. The van der Waals surface area contributed by atoms with Gasteiger partial charge in [0, 0.05) is 40.8 Å². The van der Waals surface area contributed by atoms with E-state index in [0.29, 0.717) is 40.1 Å². The number of hydrogen-bond acceptors (Lipinski definition) is 13. The van der Waals surface area contributed by atoms with Crippen molar-refractivity contribution in [3.63, 3.8) is 0 Å². The zero-order valence-electron chi connectivity index (χ0n) is 32.0. The van der Waals surface area contributed by atoms with Crippen LogP contribution in [0.4, 0.5) is 34.5 Å². The Morgan fingerprint density at radius 1 is 0.810 bits per heavy atom. The van der Waals surface area contributed by atoms with Crippen LogP contribution in [0.1, 0.15) is 53.5 Å². The van der Waals surface area contributed by atoms with Crippen LogP contribution in [0.5, 0.6) is 11.5 Å². The number of carboxylic acids is 2. The number of carbonyl (C=O) groups is 3. The molecule has 5 rings (SSSR count). The van der Waals surface area contributed by atoms with E-state index in [-0.39, 0.29) is 48.1 Å². The van der Waals surface area contributed by atoms with E-state index in [2.05, 4.69) is 40.9 Å². The van der Waals surface area contributed by atoms with E-state index in [4.69, 9.17) is 14.6 Å². The van der Waals surface area contributed by atoms with Crippen molar-refractivity contribution in [3.8, 4) is 11.5 Å². The highest BCUT2D eigenvalue weighted by Gasteiger charge is 2.22. The lowest BCUT2D eigenvalue weighted by Crippen LogP contribution is -2.40. The number of azo groups is 1. The largest absolute Gasteiger partial charge is 0.490 e. The maximum atomic E-state index is 12.8. The summed E-state index contributed by atoms with van der Waals surface area (Å²) in [7, 11) is -3.73. The van der Waals surface area contributed by atoms with Crippen molar-refractivity contribution in [2.75, 3.05) is 30.4 Å². The van der Waals surface area contributed by atoms with E-state index in [1.54, 1.807) is 81.6 Å². The molecule has 0 unspecified atom stereocenters. The van der Waals surface area contributed by atoms with Gasteiger partial charge in [0.05, 0.1) is 22.7 Å². The summed E-state index contributed by atoms with van der Waals surface area (Å²) in [4.78, 5) is 43.8. The second-order valence-electron chi connectivity index (χ2n) is 13.7. The van der Waals surface area contributed by atoms with Gasteiger partial charge in [0.25, 0.3) is 5.91 Å². The molecule has 4 aromatic carbocycles. The van der Waals surface area contributed by atoms with Gasteiger partial charge in [-0.3, -0.25) is 9.59 Å². The number of aliphatic carboxylic acids is 1. The molecule has 58 heavy (non-hydrogen) atoms. The summed E-state index contributed by atoms with van der Waals surface area (Å²) in [6.45, 7) is 7.32. The third-order valence-electron chi connectivity index (χ3n) is 7.77. The van der Waals surface area contributed by atoms with Gasteiger partial charge in [-0.1, -0.05) is 6.07 Å². The second kappa shape index (κ2) is 18.8. The maximum absolute atomic E-state index is 12.8. The zero-order chi connectivity index (χ0) is 41.9. The molecule has 0 fully saturated rings. The molecule has 17 nitrogen and oxygen atoms in total. The monoisotopic (exact) mass is 810 g/mol. The van der Waals surface area contributed by atoms with E-state index >= 15 is 0 Å². The summed E-state index contributed by atoms with van der Waals surface area (Å²) in [5, 5.41) is 35.5. The van der Waals surface area contributed by atoms with Crippen molar-refractivity contribution in [3.05, 3.63) is 114 Å². The Balaban J connectivity index is 1.12. The van der Waals surface area contributed by atoms with Crippen LogP contribution in [0.2, 0.25) is 0 Å². The third-order valence-corrected chi connectivity index (χ3v) is 9.52. The minimum Gasteiger partial charge on any atom is -0.490 e. The lowest BCUT2D eigenvalue weighted by atomic mass is 10.1. The van der Waals surface area contributed by atoms with Crippen molar-refractivity contribution in [1.29, 1.82) is 0 Å². The molecular weight excluding hydrogens is 769 g/mol. The lowest BCUT2D eigenvalue weighted by molar-refractivity contribution is -0.136. The predicted octanol–water partition coefficient (Wildman–Crippen LogP) is 7.12. The van der Waals surface area contributed by atoms with E-state index in [9.17, 15) is 27.9 Å². The first kappa shape index (κ1) is 42.2. The van der Waals surface area contributed by atoms with Crippen LogP contribution >= 0.6 is 0 Å². The van der Waals surface area contributed by atoms with Crippen LogP contribution in [0.25, 0.3) is 0 Å². The molecule has 18 heteroatoms. The molecule has 0 aliphatic heterocycles. The van der Waals surface area contributed by atoms with Gasteiger partial charge in [0.2, 0.25) is 16.0 Å². The molecule has 0 saturated carbocycles. The van der Waals surface area contributed by atoms with Crippen molar-refractivity contribution >= 4 is 62.4 Å². The fourth-order valence-corrected chi connectivity index (χ4v) is 6.56. The molecule has 0 aliphatic carbocycles. The van der Waals surface area contributed by atoms with Crippen molar-refractivity contribution in [2.45, 2.75) is 44.6 Å². The number of carboxylic acid groups (broad SMARTS) is 2. The van der Waals surface area contributed by atoms with Gasteiger partial charge >= 0.3 is 11.9 Å². The fourth-order valence-electron chi connectivity index (χ4n) is 5.10. The van der Waals surface area contributed by atoms with Crippen LogP contribution < -0.4 is 30.1 Å². The van der Waals surface area contributed by atoms with Gasteiger partial charge in [-0.15, -0.1) is 0 Å². The molecule has 0 spiro atoms. The maximum Gasteiger partial charge on any atom is 0.339 e. The first-order chi connectivity index (χ1) is 27.5. The van der Waals surface area contributed by atoms with Gasteiger partial charge in [-0.05, 0) is 113 Å². The smallest absolute Gasteiger partial charge is 0.339 e. The number of ether oxygens (including phenoxy) is 2. The van der Waals surface area contributed by atoms with Crippen LogP contribution in [-0.4, -0.2) is 71.7 Å². The highest BCUT2D eigenvalue weighted by atomic mass is 32.2. The van der Waals surface area contributed by atoms with Crippen LogP contribution in [-0.2, 0) is 14.8 Å². The van der Waals surface area contributed by atoms with E-state index in [1.165, 1.54) is 36.4 Å². The number of hydrogen-bond donors (Lipinski definition) is 6. The molecule has 0 saturated heterocycles. The molecular formula is C40H42N8O9S. The number of nitrogens with one attached hydrogen (secondary N) is 4. The Morgan fingerprint density at radius 2 is 1.50 bits per heavy atom. The highest BCUT2D eigenvalue weighted by Crippen LogP contribution is 2.28. The number of benzene rings is 4. The number of aromatic carboxylic acids is 1. The van der Waals surface area contributed by atoms with E-state index < -0.39 is 33.4 Å². The number of aryl methyl sites for hydroxylation is 1. The van der Waals surface area contributed by atoms with E-state index in [0.717, 1.165) is 5.56 Å². The molecule has 0 atom stereocenters. The number of aromatic nitrogens is 2. The SMILES string of the molecule is Cc1cnc(Nc2ccc(OCCOc3ccc(/N=N/c4ccc(C(=O)NCCC(=O)O)cc4)cc3C(=O)O)cc2)nc1Nc1cccc(S(=O)(=O)NC(C)(C)C)c1. The Bertz CT molecular complexity index is 2400. The Labute approximate surface area is 334 Å². The van der Waals surface area contributed by atoms with Gasteiger partial charge in [0.15, 0.2) is 0 Å². The molecule has 6 N–H and O–H groups in total. The quantitative estimate of drug-likeness (QED) is 0.0382. The predicted molar refractivity (Wildman–Crippen MR) is 216 cm³/mol. The van der Waals surface area contributed by atoms with Crippen LogP contribution in [0, 0.1) is 6.92 Å². The Morgan fingerprint density at radius 3 is 2.19 bits per heavy atom. The summed E-state index contributed by atoms with van der Waals surface area (Å²) in [6.07, 6.45) is 1.45. The molecule has 5 aromatic rings. The normalized spacial score (nSPS) is 11.5. The summed E-state index contributed by atoms with van der Waals surface area (Å²) in [5.41, 5.74) is 2.20. The summed E-state index contributed by atoms with van der Waals surface area (Å²) < 4.78 is 39.8. The molecule has 1 aromatic heterocycles.